The molecule has 1 aromatic heterocycles. The third-order valence-corrected chi connectivity index (χ3v) is 5.50. The number of hydrogen-bond donors (Lipinski definition) is 1. The molecule has 1 unspecified atom stereocenters. The zero-order valence-electron chi connectivity index (χ0n) is 15.7. The molecule has 3 heterocycles. The van der Waals surface area contributed by atoms with Crippen molar-refractivity contribution in [1.82, 2.24) is 14.8 Å². The van der Waals surface area contributed by atoms with Gasteiger partial charge in [-0.1, -0.05) is 0 Å². The van der Waals surface area contributed by atoms with Crippen LogP contribution in [0.1, 0.15) is 41.6 Å². The molecule has 2 aliphatic rings. The Kier molecular flexibility index (Phi) is 7.68. The Morgan fingerprint density at radius 1 is 1.31 bits per heavy atom. The Bertz CT molecular complexity index is 662. The van der Waals surface area contributed by atoms with Gasteiger partial charge in [0.05, 0.1) is 6.10 Å². The highest BCUT2D eigenvalue weighted by atomic mass is 35.5. The lowest BCUT2D eigenvalue weighted by molar-refractivity contribution is 0.0349. The first-order valence-electron chi connectivity index (χ1n) is 9.33. The number of methoxy groups -OCH3 is 1. The van der Waals surface area contributed by atoms with E-state index in [1.54, 1.807) is 16.6 Å². The van der Waals surface area contributed by atoms with Gasteiger partial charge in [0.1, 0.15) is 5.56 Å². The summed E-state index contributed by atoms with van der Waals surface area (Å²) in [7, 11) is 1.71. The van der Waals surface area contributed by atoms with Crippen molar-refractivity contribution < 1.29 is 9.53 Å². The maximum Gasteiger partial charge on any atom is 0.263 e. The minimum atomic E-state index is -0.149. The molecule has 3 rings (SSSR count). The largest absolute Gasteiger partial charge is 0.381 e. The lowest BCUT2D eigenvalue weighted by Crippen LogP contribution is -2.44. The predicted octanol–water partition coefficient (Wildman–Crippen LogP) is 1.83. The number of nitrogens with one attached hydrogen (secondary N) is 1. The quantitative estimate of drug-likeness (QED) is 0.861. The summed E-state index contributed by atoms with van der Waals surface area (Å²) >= 11 is 0. The van der Waals surface area contributed by atoms with E-state index in [1.807, 2.05) is 19.2 Å². The van der Waals surface area contributed by atoms with Crippen LogP contribution in [0, 0.1) is 12.8 Å². The van der Waals surface area contributed by atoms with Crippen LogP contribution >= 0.6 is 12.4 Å². The van der Waals surface area contributed by atoms with Gasteiger partial charge in [0, 0.05) is 32.9 Å². The number of amides is 1. The molecule has 1 aromatic rings. The second kappa shape index (κ2) is 9.53. The summed E-state index contributed by atoms with van der Waals surface area (Å²) < 4.78 is 7.09. The molecular weight excluding hydrogens is 354 g/mol. The van der Waals surface area contributed by atoms with E-state index in [2.05, 4.69) is 5.32 Å². The number of aromatic nitrogens is 1. The first-order chi connectivity index (χ1) is 12.1. The fraction of sp³-hybridized carbons (Fsp3) is 0.684. The summed E-state index contributed by atoms with van der Waals surface area (Å²) in [5.41, 5.74) is 0.952. The van der Waals surface area contributed by atoms with E-state index in [1.165, 1.54) is 0 Å². The van der Waals surface area contributed by atoms with Gasteiger partial charge >= 0.3 is 0 Å². The first-order valence-corrected chi connectivity index (χ1v) is 9.33. The van der Waals surface area contributed by atoms with Crippen molar-refractivity contribution in [3.05, 3.63) is 33.7 Å². The number of carbonyl (C=O) groups is 1. The highest BCUT2D eigenvalue weighted by Crippen LogP contribution is 2.17. The van der Waals surface area contributed by atoms with Gasteiger partial charge in [-0.25, -0.2) is 0 Å². The van der Waals surface area contributed by atoms with Crippen molar-refractivity contribution in [1.29, 1.82) is 0 Å². The summed E-state index contributed by atoms with van der Waals surface area (Å²) in [6, 6.07) is 1.90. The molecule has 1 atom stereocenters. The first kappa shape index (κ1) is 20.9. The van der Waals surface area contributed by atoms with Crippen LogP contribution in [0.3, 0.4) is 0 Å². The topological polar surface area (TPSA) is 63.6 Å². The van der Waals surface area contributed by atoms with E-state index in [0.717, 1.165) is 44.3 Å². The van der Waals surface area contributed by atoms with E-state index in [0.29, 0.717) is 31.1 Å². The Balaban J connectivity index is 0.00000243. The molecular formula is C19H30ClN3O3. The van der Waals surface area contributed by atoms with Gasteiger partial charge in [0.2, 0.25) is 0 Å². The zero-order valence-corrected chi connectivity index (χ0v) is 16.5. The van der Waals surface area contributed by atoms with Crippen LogP contribution in [0.5, 0.6) is 0 Å². The number of rotatable bonds is 4. The maximum atomic E-state index is 12.9. The number of hydrogen-bond acceptors (Lipinski definition) is 4. The molecule has 0 bridgehead atoms. The lowest BCUT2D eigenvalue weighted by Gasteiger charge is -2.31. The normalized spacial score (nSPS) is 21.3. The molecule has 0 aliphatic carbocycles. The molecule has 0 aromatic carbocycles. The van der Waals surface area contributed by atoms with Crippen LogP contribution in [0.4, 0.5) is 0 Å². The zero-order chi connectivity index (χ0) is 17.8. The number of likely N-dealkylation sites (tertiary alicyclic amines) is 1. The molecule has 2 aliphatic heterocycles. The van der Waals surface area contributed by atoms with Crippen molar-refractivity contribution in [2.45, 2.75) is 45.3 Å². The highest BCUT2D eigenvalue weighted by molar-refractivity contribution is 5.95. The number of nitrogens with zero attached hydrogens (tertiary/aromatic N) is 2. The molecule has 7 heteroatoms. The van der Waals surface area contributed by atoms with Crippen molar-refractivity contribution in [2.24, 2.45) is 5.92 Å². The SMILES string of the molecule is COC1CCN(C(=O)c2c(C)ccn(CC3CCCNC3)c2=O)CC1.Cl. The van der Waals surface area contributed by atoms with Crippen molar-refractivity contribution >= 4 is 18.3 Å². The smallest absolute Gasteiger partial charge is 0.263 e. The Hall–Kier alpha value is -1.37. The average Bonchev–Trinajstić information content (AvgIpc) is 2.65. The summed E-state index contributed by atoms with van der Waals surface area (Å²) in [5, 5.41) is 3.38. The molecule has 26 heavy (non-hydrogen) atoms. The number of carbonyl (C=O) groups excluding carboxylic acids is 1. The monoisotopic (exact) mass is 383 g/mol. The summed E-state index contributed by atoms with van der Waals surface area (Å²) in [5.74, 6) is 0.322. The average molecular weight is 384 g/mol. The molecule has 1 N–H and O–H groups in total. The Morgan fingerprint density at radius 2 is 2.04 bits per heavy atom. The maximum absolute atomic E-state index is 12.9. The van der Waals surface area contributed by atoms with Gasteiger partial charge < -0.3 is 19.5 Å². The van der Waals surface area contributed by atoms with Gasteiger partial charge in [-0.05, 0) is 63.2 Å². The molecule has 2 saturated heterocycles. The predicted molar refractivity (Wildman–Crippen MR) is 104 cm³/mol. The van der Waals surface area contributed by atoms with Crippen LogP contribution < -0.4 is 10.9 Å². The molecule has 0 spiro atoms. The third kappa shape index (κ3) is 4.67. The number of pyridine rings is 1. The van der Waals surface area contributed by atoms with E-state index < -0.39 is 0 Å². The van der Waals surface area contributed by atoms with Gasteiger partial charge in [-0.3, -0.25) is 9.59 Å². The molecule has 6 nitrogen and oxygen atoms in total. The van der Waals surface area contributed by atoms with Crippen molar-refractivity contribution in [2.75, 3.05) is 33.3 Å². The van der Waals surface area contributed by atoms with Gasteiger partial charge in [0.15, 0.2) is 0 Å². The molecule has 1 amide bonds. The number of halogens is 1. The van der Waals surface area contributed by atoms with Crippen LogP contribution in [0.25, 0.3) is 0 Å². The molecule has 0 saturated carbocycles. The minimum Gasteiger partial charge on any atom is -0.381 e. The van der Waals surface area contributed by atoms with Gasteiger partial charge in [-0.15, -0.1) is 12.4 Å². The van der Waals surface area contributed by atoms with Crippen molar-refractivity contribution in [3.63, 3.8) is 0 Å². The van der Waals surface area contributed by atoms with Crippen molar-refractivity contribution in [3.8, 4) is 0 Å². The second-order valence-corrected chi connectivity index (χ2v) is 7.27. The van der Waals surface area contributed by atoms with Crippen LogP contribution in [0.15, 0.2) is 17.1 Å². The minimum absolute atomic E-state index is 0. The van der Waals surface area contributed by atoms with Crippen LogP contribution in [0.2, 0.25) is 0 Å². The van der Waals surface area contributed by atoms with Crippen LogP contribution in [-0.4, -0.2) is 54.8 Å². The number of piperidine rings is 2. The highest BCUT2D eigenvalue weighted by Gasteiger charge is 2.27. The third-order valence-electron chi connectivity index (χ3n) is 5.50. The van der Waals surface area contributed by atoms with E-state index in [4.69, 9.17) is 4.74 Å². The molecule has 2 fully saturated rings. The lowest BCUT2D eigenvalue weighted by atomic mass is 9.99. The summed E-state index contributed by atoms with van der Waals surface area (Å²) in [4.78, 5) is 27.7. The number of aryl methyl sites for hydroxylation is 1. The van der Waals surface area contributed by atoms with Gasteiger partial charge in [-0.2, -0.15) is 0 Å². The number of ether oxygens (including phenoxy) is 1. The Labute approximate surface area is 161 Å². The summed E-state index contributed by atoms with van der Waals surface area (Å²) in [6.07, 6.45) is 5.98. The standard InChI is InChI=1S/C19H29N3O3.ClH/c1-14-5-9-22(13-15-4-3-8-20-12-15)19(24)17(14)18(23)21-10-6-16(25-2)7-11-21;/h5,9,15-16,20H,3-4,6-8,10-13H2,1-2H3;1H. The second-order valence-electron chi connectivity index (χ2n) is 7.27. The Morgan fingerprint density at radius 3 is 2.65 bits per heavy atom. The van der Waals surface area contributed by atoms with E-state index in [9.17, 15) is 9.59 Å². The van der Waals surface area contributed by atoms with Crippen LogP contribution in [-0.2, 0) is 11.3 Å². The van der Waals surface area contributed by atoms with Gasteiger partial charge in [0.25, 0.3) is 11.5 Å². The molecule has 0 radical (unpaired) electrons. The fourth-order valence-electron chi connectivity index (χ4n) is 3.88. The molecule has 146 valence electrons. The van der Waals surface area contributed by atoms with E-state index in [-0.39, 0.29) is 30.0 Å². The van der Waals surface area contributed by atoms with E-state index >= 15 is 0 Å². The fourth-order valence-corrected chi connectivity index (χ4v) is 3.88. The summed E-state index contributed by atoms with van der Waals surface area (Å²) in [6.45, 7) is 5.82.